The number of hydroxylamine groups is 2. The van der Waals surface area contributed by atoms with Gasteiger partial charge < -0.3 is 14.0 Å². The van der Waals surface area contributed by atoms with Gasteiger partial charge in [0.2, 0.25) is 5.72 Å². The van der Waals surface area contributed by atoms with Crippen LogP contribution < -0.4 is 0 Å². The number of fused-ring (bicyclic) bond motifs is 2. The first-order valence-electron chi connectivity index (χ1n) is 9.35. The summed E-state index contributed by atoms with van der Waals surface area (Å²) in [5.41, 5.74) is -0.677. The third kappa shape index (κ3) is 1.96. The van der Waals surface area contributed by atoms with Gasteiger partial charge in [0.15, 0.2) is 8.32 Å². The molecule has 6 heteroatoms. The molecule has 24 heavy (non-hydrogen) atoms. The molecule has 2 saturated carbocycles. The zero-order valence-electron chi connectivity index (χ0n) is 15.8. The maximum atomic E-state index is 12.0. The van der Waals surface area contributed by atoms with Crippen molar-refractivity contribution >= 4 is 14.5 Å². The summed E-state index contributed by atoms with van der Waals surface area (Å²) in [5.74, 6) is 1.12. The molecular formula is C18H31NO4Si. The van der Waals surface area contributed by atoms with Crippen LogP contribution >= 0.6 is 0 Å². The van der Waals surface area contributed by atoms with E-state index in [1.54, 1.807) is 0 Å². The molecule has 0 N–H and O–H groups in total. The molecular weight excluding hydrogens is 322 g/mol. The average Bonchev–Trinajstić information content (AvgIpc) is 3.01. The second kappa shape index (κ2) is 4.77. The van der Waals surface area contributed by atoms with Crippen LogP contribution in [0, 0.1) is 17.3 Å². The second-order valence-electron chi connectivity index (χ2n) is 10.1. The zero-order valence-corrected chi connectivity index (χ0v) is 16.8. The summed E-state index contributed by atoms with van der Waals surface area (Å²) in [5, 5.41) is 2.10. The Hall–Kier alpha value is -0.593. The number of piperidine rings is 1. The van der Waals surface area contributed by atoms with Crippen molar-refractivity contribution in [3.05, 3.63) is 0 Å². The average molecular weight is 354 g/mol. The molecule has 5 atom stereocenters. The van der Waals surface area contributed by atoms with Crippen LogP contribution in [0.5, 0.6) is 0 Å². The number of hydrogen-bond acceptors (Lipinski definition) is 5. The van der Waals surface area contributed by atoms with Crippen molar-refractivity contribution in [3.8, 4) is 0 Å². The van der Waals surface area contributed by atoms with Crippen molar-refractivity contribution in [2.75, 3.05) is 6.61 Å². The summed E-state index contributed by atoms with van der Waals surface area (Å²) in [6.45, 7) is 14.4. The van der Waals surface area contributed by atoms with Crippen LogP contribution in [0.3, 0.4) is 0 Å². The highest BCUT2D eigenvalue weighted by molar-refractivity contribution is 6.74. The molecule has 1 spiro atoms. The molecule has 136 valence electrons. The van der Waals surface area contributed by atoms with E-state index in [0.717, 1.165) is 19.3 Å². The first kappa shape index (κ1) is 16.9. The Balaban J connectivity index is 1.67. The predicted octanol–water partition coefficient (Wildman–Crippen LogP) is 4.30. The number of carbonyl (C=O) groups excluding carboxylic acids is 1. The summed E-state index contributed by atoms with van der Waals surface area (Å²) >= 11 is 0. The number of nitrogens with zero attached hydrogens (tertiary/aromatic N) is 1. The fourth-order valence-corrected chi connectivity index (χ4v) is 6.49. The Morgan fingerprint density at radius 1 is 1.29 bits per heavy atom. The molecule has 4 rings (SSSR count). The largest absolute Gasteiger partial charge is 0.529 e. The molecule has 0 aromatic carbocycles. The van der Waals surface area contributed by atoms with E-state index in [9.17, 15) is 4.79 Å². The van der Waals surface area contributed by atoms with Crippen LogP contribution in [-0.2, 0) is 14.0 Å². The van der Waals surface area contributed by atoms with Gasteiger partial charge in [0.25, 0.3) is 0 Å². The van der Waals surface area contributed by atoms with Crippen LogP contribution in [0.4, 0.5) is 4.79 Å². The van der Waals surface area contributed by atoms with Gasteiger partial charge in [0.05, 0.1) is 11.5 Å². The van der Waals surface area contributed by atoms with E-state index in [0.29, 0.717) is 24.5 Å². The van der Waals surface area contributed by atoms with Crippen LogP contribution in [0.2, 0.25) is 18.1 Å². The Labute approximate surface area is 146 Å². The topological polar surface area (TPSA) is 48.0 Å². The minimum absolute atomic E-state index is 0.0914. The summed E-state index contributed by atoms with van der Waals surface area (Å²) in [7, 11) is -1.85. The molecule has 0 amide bonds. The highest BCUT2D eigenvalue weighted by Crippen LogP contribution is 2.69. The zero-order chi connectivity index (χ0) is 17.5. The van der Waals surface area contributed by atoms with Crippen molar-refractivity contribution in [2.24, 2.45) is 17.3 Å². The lowest BCUT2D eigenvalue weighted by atomic mass is 9.60. The van der Waals surface area contributed by atoms with E-state index in [2.05, 4.69) is 40.8 Å². The van der Waals surface area contributed by atoms with Crippen LogP contribution in [-0.4, -0.2) is 37.9 Å². The van der Waals surface area contributed by atoms with E-state index in [1.807, 2.05) is 5.06 Å². The maximum absolute atomic E-state index is 12.0. The number of rotatable bonds is 3. The van der Waals surface area contributed by atoms with Gasteiger partial charge in [-0.05, 0) is 49.2 Å². The monoisotopic (exact) mass is 353 g/mol. The summed E-state index contributed by atoms with van der Waals surface area (Å²) in [6.07, 6.45) is 3.69. The minimum atomic E-state index is -1.85. The standard InChI is InChI=1S/C18H31NO4Si/c1-12-7-13-8-14-10-17(13,11-21-24(5,6)16(2,3)4)18(9-12)19(14)23-15(20)22-18/h12-14H,7-11H2,1-6H3/t12-,13+,14-,17+,18-/m1/s1. The van der Waals surface area contributed by atoms with Crippen LogP contribution in [0.1, 0.15) is 53.4 Å². The Morgan fingerprint density at radius 3 is 2.67 bits per heavy atom. The van der Waals surface area contributed by atoms with Gasteiger partial charge in [-0.3, -0.25) is 0 Å². The fraction of sp³-hybridized carbons (Fsp3) is 0.944. The lowest BCUT2D eigenvalue weighted by molar-refractivity contribution is -0.263. The SMILES string of the molecule is C[C@@H]1C[C@H]2C[C@@H]3C[C@@]2(CO[Si](C)(C)C(C)(C)C)[C@@]2(C1)OC(=O)ON32. The first-order chi connectivity index (χ1) is 11.0. The highest BCUT2D eigenvalue weighted by Gasteiger charge is 2.78. The van der Waals surface area contributed by atoms with E-state index in [-0.39, 0.29) is 10.5 Å². The van der Waals surface area contributed by atoms with Crippen LogP contribution in [0.25, 0.3) is 0 Å². The number of hydrogen-bond donors (Lipinski definition) is 0. The van der Waals surface area contributed by atoms with Gasteiger partial charge in [0.1, 0.15) is 0 Å². The van der Waals surface area contributed by atoms with Crippen molar-refractivity contribution < 1.29 is 18.8 Å². The van der Waals surface area contributed by atoms with Crippen LogP contribution in [0.15, 0.2) is 0 Å². The molecule has 2 saturated heterocycles. The van der Waals surface area contributed by atoms with E-state index in [4.69, 9.17) is 14.0 Å². The van der Waals surface area contributed by atoms with Gasteiger partial charge in [-0.15, -0.1) is 0 Å². The molecule has 0 unspecified atom stereocenters. The molecule has 2 aliphatic heterocycles. The molecule has 0 aromatic rings. The molecule has 2 heterocycles. The predicted molar refractivity (Wildman–Crippen MR) is 92.6 cm³/mol. The number of ether oxygens (including phenoxy) is 1. The molecule has 4 aliphatic rings. The molecule has 4 fully saturated rings. The maximum Gasteiger partial charge on any atom is 0.529 e. The quantitative estimate of drug-likeness (QED) is 0.559. The van der Waals surface area contributed by atoms with Crippen molar-refractivity contribution in [1.29, 1.82) is 0 Å². The summed E-state index contributed by atoms with van der Waals surface area (Å²) in [4.78, 5) is 17.5. The Kier molecular flexibility index (Phi) is 3.35. The third-order valence-corrected chi connectivity index (χ3v) is 12.1. The highest BCUT2D eigenvalue weighted by atomic mass is 28.4. The molecule has 0 radical (unpaired) electrons. The fourth-order valence-electron chi connectivity index (χ4n) is 5.44. The van der Waals surface area contributed by atoms with E-state index >= 15 is 0 Å². The minimum Gasteiger partial charge on any atom is -0.416 e. The van der Waals surface area contributed by atoms with Gasteiger partial charge >= 0.3 is 6.16 Å². The summed E-state index contributed by atoms with van der Waals surface area (Å²) in [6, 6.07) is 0.303. The molecule has 5 nitrogen and oxygen atoms in total. The van der Waals surface area contributed by atoms with E-state index in [1.165, 1.54) is 6.42 Å². The second-order valence-corrected chi connectivity index (χ2v) is 14.9. The van der Waals surface area contributed by atoms with Crippen molar-refractivity contribution in [2.45, 2.75) is 83.3 Å². The Morgan fingerprint density at radius 2 is 2.00 bits per heavy atom. The van der Waals surface area contributed by atoms with Crippen molar-refractivity contribution in [1.82, 2.24) is 5.06 Å². The van der Waals surface area contributed by atoms with Gasteiger partial charge in [0, 0.05) is 13.0 Å². The number of carbonyl (C=O) groups is 1. The molecule has 2 bridgehead atoms. The lowest BCUT2D eigenvalue weighted by Crippen LogP contribution is -2.64. The van der Waals surface area contributed by atoms with Gasteiger partial charge in [-0.25, -0.2) is 4.79 Å². The first-order valence-corrected chi connectivity index (χ1v) is 12.3. The van der Waals surface area contributed by atoms with E-state index < -0.39 is 20.2 Å². The van der Waals surface area contributed by atoms with Crippen molar-refractivity contribution in [3.63, 3.8) is 0 Å². The normalized spacial score (nSPS) is 44.4. The third-order valence-electron chi connectivity index (χ3n) is 7.64. The molecule has 0 aromatic heterocycles. The van der Waals surface area contributed by atoms with Gasteiger partial charge in [-0.1, -0.05) is 32.8 Å². The molecule has 2 aliphatic carbocycles. The van der Waals surface area contributed by atoms with Gasteiger partial charge in [-0.2, -0.15) is 0 Å². The lowest BCUT2D eigenvalue weighted by Gasteiger charge is -2.54. The summed E-state index contributed by atoms with van der Waals surface area (Å²) < 4.78 is 12.6. The smallest absolute Gasteiger partial charge is 0.416 e. The Bertz CT molecular complexity index is 574.